The molecule has 8 heteroatoms. The lowest BCUT2D eigenvalue weighted by molar-refractivity contribution is 0.0897. The molecule has 0 saturated carbocycles. The molecule has 1 fully saturated rings. The molecule has 2 heterocycles. The smallest absolute Gasteiger partial charge is 0.253 e. The van der Waals surface area contributed by atoms with Gasteiger partial charge in [0.25, 0.3) is 5.56 Å². The predicted octanol–water partition coefficient (Wildman–Crippen LogP) is 3.95. The maximum Gasteiger partial charge on any atom is 0.253 e. The van der Waals surface area contributed by atoms with Crippen LogP contribution < -0.4 is 20.3 Å². The monoisotopic (exact) mass is 495 g/mol. The van der Waals surface area contributed by atoms with Crippen molar-refractivity contribution >= 4 is 28.2 Å². The van der Waals surface area contributed by atoms with Gasteiger partial charge in [-0.25, -0.2) is 0 Å². The molecule has 0 spiro atoms. The van der Waals surface area contributed by atoms with Gasteiger partial charge in [0.05, 0.1) is 26.9 Å². The summed E-state index contributed by atoms with van der Waals surface area (Å²) >= 11 is 5.78. The number of H-pyrrole nitrogens is 1. The predicted molar refractivity (Wildman–Crippen MR) is 143 cm³/mol. The van der Waals surface area contributed by atoms with Gasteiger partial charge in [-0.3, -0.25) is 4.79 Å². The number of hydrogen-bond donors (Lipinski definition) is 2. The molecule has 0 aliphatic carbocycles. The molecule has 1 aromatic heterocycles. The van der Waals surface area contributed by atoms with Gasteiger partial charge in [-0.2, -0.15) is 0 Å². The van der Waals surface area contributed by atoms with E-state index >= 15 is 0 Å². The van der Waals surface area contributed by atoms with Crippen molar-refractivity contribution < 1.29 is 14.2 Å². The highest BCUT2D eigenvalue weighted by molar-refractivity contribution is 7.80. The Bertz CT molecular complexity index is 1240. The minimum atomic E-state index is -0.0909. The number of pyridine rings is 1. The van der Waals surface area contributed by atoms with E-state index in [-0.39, 0.29) is 11.7 Å². The molecule has 186 valence electrons. The van der Waals surface area contributed by atoms with Crippen molar-refractivity contribution in [2.45, 2.75) is 38.8 Å². The molecule has 1 unspecified atom stereocenters. The lowest BCUT2D eigenvalue weighted by Gasteiger charge is -2.28. The summed E-state index contributed by atoms with van der Waals surface area (Å²) in [5, 5.41) is 5.01. The summed E-state index contributed by atoms with van der Waals surface area (Å²) in [6.45, 7) is 4.54. The van der Waals surface area contributed by atoms with Gasteiger partial charge in [0, 0.05) is 30.8 Å². The van der Waals surface area contributed by atoms with Gasteiger partial charge >= 0.3 is 0 Å². The van der Waals surface area contributed by atoms with Crippen molar-refractivity contribution in [2.24, 2.45) is 0 Å². The highest BCUT2D eigenvalue weighted by Gasteiger charge is 2.22. The first-order valence-electron chi connectivity index (χ1n) is 11.9. The second kappa shape index (κ2) is 11.6. The van der Waals surface area contributed by atoms with Gasteiger partial charge in [-0.1, -0.05) is 17.7 Å². The Morgan fingerprint density at radius 1 is 1.17 bits per heavy atom. The number of thiocarbonyl (C=S) groups is 1. The molecule has 2 N–H and O–H groups in total. The molecular formula is C27H33N3O4S. The number of hydrogen-bond acceptors (Lipinski definition) is 5. The number of aromatic nitrogens is 1. The molecule has 3 aromatic rings. The molecular weight excluding hydrogens is 462 g/mol. The van der Waals surface area contributed by atoms with E-state index in [1.54, 1.807) is 14.2 Å². The van der Waals surface area contributed by atoms with Crippen molar-refractivity contribution in [3.8, 4) is 11.5 Å². The van der Waals surface area contributed by atoms with E-state index in [1.807, 2.05) is 48.2 Å². The average molecular weight is 496 g/mol. The standard InChI is InChI=1S/C27H33N3O4S/c1-18-6-8-23-20(13-18)15-21(26(31)29-23)16-30(17-22-5-4-12-34-22)27(35)28-11-10-19-7-9-24(32-2)25(14-19)33-3/h6-9,13-15,22H,4-5,10-12,16-17H2,1-3H3,(H,28,35)(H,29,31). The fourth-order valence-electron chi connectivity index (χ4n) is 4.41. The van der Waals surface area contributed by atoms with E-state index in [0.29, 0.717) is 41.8 Å². The number of nitrogens with one attached hydrogen (secondary N) is 2. The van der Waals surface area contributed by atoms with E-state index in [9.17, 15) is 4.79 Å². The van der Waals surface area contributed by atoms with Gasteiger partial charge in [0.1, 0.15) is 0 Å². The largest absolute Gasteiger partial charge is 0.493 e. The number of aromatic amines is 1. The fraction of sp³-hybridized carbons (Fsp3) is 0.407. The van der Waals surface area contributed by atoms with Crippen LogP contribution in [0.15, 0.2) is 47.3 Å². The number of ether oxygens (including phenoxy) is 3. The van der Waals surface area contributed by atoms with Crippen LogP contribution in [0.1, 0.15) is 29.5 Å². The van der Waals surface area contributed by atoms with Gasteiger partial charge in [0.2, 0.25) is 0 Å². The molecule has 0 amide bonds. The SMILES string of the molecule is COc1ccc(CCNC(=S)N(Cc2cc3cc(C)ccc3[nH]c2=O)CC2CCCO2)cc1OC. The Hall–Kier alpha value is -3.10. The highest BCUT2D eigenvalue weighted by atomic mass is 32.1. The number of aryl methyl sites for hydroxylation is 1. The second-order valence-corrected chi connectivity index (χ2v) is 9.29. The van der Waals surface area contributed by atoms with Crippen LogP contribution >= 0.6 is 12.2 Å². The first-order chi connectivity index (χ1) is 17.0. The number of rotatable bonds is 9. The zero-order valence-electron chi connectivity index (χ0n) is 20.6. The minimum absolute atomic E-state index is 0.0909. The quantitative estimate of drug-likeness (QED) is 0.435. The van der Waals surface area contributed by atoms with Crippen LogP contribution in [-0.4, -0.2) is 55.0 Å². The lowest BCUT2D eigenvalue weighted by Crippen LogP contribution is -2.44. The topological polar surface area (TPSA) is 75.8 Å². The fourth-order valence-corrected chi connectivity index (χ4v) is 4.65. The van der Waals surface area contributed by atoms with Crippen molar-refractivity contribution in [1.82, 2.24) is 15.2 Å². The van der Waals surface area contributed by atoms with Crippen molar-refractivity contribution in [1.29, 1.82) is 0 Å². The summed E-state index contributed by atoms with van der Waals surface area (Å²) in [5.74, 6) is 1.41. The Morgan fingerprint density at radius 3 is 2.74 bits per heavy atom. The van der Waals surface area contributed by atoms with Crippen LogP contribution in [0, 0.1) is 6.92 Å². The third kappa shape index (κ3) is 6.32. The third-order valence-electron chi connectivity index (χ3n) is 6.31. The van der Waals surface area contributed by atoms with Gasteiger partial charge in [-0.05, 0) is 79.7 Å². The number of methoxy groups -OCH3 is 2. The summed E-state index contributed by atoms with van der Waals surface area (Å²) in [6, 6.07) is 13.9. The Morgan fingerprint density at radius 2 is 2.00 bits per heavy atom. The average Bonchev–Trinajstić information content (AvgIpc) is 3.37. The van der Waals surface area contributed by atoms with Gasteiger partial charge in [0.15, 0.2) is 16.6 Å². The van der Waals surface area contributed by atoms with E-state index in [0.717, 1.165) is 47.9 Å². The second-order valence-electron chi connectivity index (χ2n) is 8.90. The van der Waals surface area contributed by atoms with E-state index in [4.69, 9.17) is 26.4 Å². The molecule has 1 aliphatic rings. The van der Waals surface area contributed by atoms with Crippen LogP contribution in [0.4, 0.5) is 0 Å². The zero-order valence-corrected chi connectivity index (χ0v) is 21.4. The zero-order chi connectivity index (χ0) is 24.8. The summed E-state index contributed by atoms with van der Waals surface area (Å²) < 4.78 is 16.6. The van der Waals surface area contributed by atoms with Crippen LogP contribution in [-0.2, 0) is 17.7 Å². The van der Waals surface area contributed by atoms with Gasteiger partial charge in [-0.15, -0.1) is 0 Å². The Balaban J connectivity index is 1.46. The van der Waals surface area contributed by atoms with Crippen molar-refractivity contribution in [2.75, 3.05) is 33.9 Å². The summed E-state index contributed by atoms with van der Waals surface area (Å²) in [5.41, 5.74) is 3.70. The summed E-state index contributed by atoms with van der Waals surface area (Å²) in [6.07, 6.45) is 2.93. The number of nitrogens with zero attached hydrogens (tertiary/aromatic N) is 1. The van der Waals surface area contributed by atoms with E-state index < -0.39 is 0 Å². The molecule has 7 nitrogen and oxygen atoms in total. The van der Waals surface area contributed by atoms with Crippen LogP contribution in [0.2, 0.25) is 0 Å². The molecule has 0 bridgehead atoms. The van der Waals surface area contributed by atoms with Crippen molar-refractivity contribution in [3.05, 3.63) is 69.5 Å². The minimum Gasteiger partial charge on any atom is -0.493 e. The first kappa shape index (κ1) is 25.0. The first-order valence-corrected chi connectivity index (χ1v) is 12.4. The number of benzene rings is 2. The molecule has 0 radical (unpaired) electrons. The van der Waals surface area contributed by atoms with Crippen LogP contribution in [0.3, 0.4) is 0 Å². The van der Waals surface area contributed by atoms with Crippen molar-refractivity contribution in [3.63, 3.8) is 0 Å². The molecule has 1 aliphatic heterocycles. The van der Waals surface area contributed by atoms with E-state index in [1.165, 1.54) is 0 Å². The molecule has 1 atom stereocenters. The normalized spacial score (nSPS) is 15.2. The molecule has 4 rings (SSSR count). The number of fused-ring (bicyclic) bond motifs is 1. The van der Waals surface area contributed by atoms with Gasteiger partial charge < -0.3 is 29.4 Å². The molecule has 35 heavy (non-hydrogen) atoms. The third-order valence-corrected chi connectivity index (χ3v) is 6.71. The molecule has 2 aromatic carbocycles. The summed E-state index contributed by atoms with van der Waals surface area (Å²) in [7, 11) is 3.26. The lowest BCUT2D eigenvalue weighted by atomic mass is 10.1. The Labute approximate surface area is 211 Å². The van der Waals surface area contributed by atoms with Crippen LogP contribution in [0.5, 0.6) is 11.5 Å². The Kier molecular flexibility index (Phi) is 8.25. The maximum atomic E-state index is 12.8. The maximum absolute atomic E-state index is 12.8. The van der Waals surface area contributed by atoms with Crippen LogP contribution in [0.25, 0.3) is 10.9 Å². The highest BCUT2D eigenvalue weighted by Crippen LogP contribution is 2.27. The van der Waals surface area contributed by atoms with E-state index in [2.05, 4.69) is 16.4 Å². The molecule has 1 saturated heterocycles. The summed E-state index contributed by atoms with van der Waals surface area (Å²) in [4.78, 5) is 17.9.